The monoisotopic (exact) mass is 253 g/mol. The summed E-state index contributed by atoms with van der Waals surface area (Å²) < 4.78 is 0. The molecule has 0 aromatic heterocycles. The average molecular weight is 253 g/mol. The summed E-state index contributed by atoms with van der Waals surface area (Å²) in [6, 6.07) is 14.8. The first kappa shape index (κ1) is 12.2. The van der Waals surface area contributed by atoms with Gasteiger partial charge in [0.2, 0.25) is 0 Å². The normalized spacial score (nSPS) is 13.3. The Morgan fingerprint density at radius 2 is 1.63 bits per heavy atom. The fourth-order valence-corrected chi connectivity index (χ4v) is 2.65. The van der Waals surface area contributed by atoms with E-state index in [4.69, 9.17) is 5.11 Å². The second-order valence-electron chi connectivity index (χ2n) is 5.17. The Bertz CT molecular complexity index is 560. The highest BCUT2D eigenvalue weighted by Gasteiger charge is 2.10. The number of nitrogens with one attached hydrogen (secondary N) is 1. The van der Waals surface area contributed by atoms with Gasteiger partial charge in [0.05, 0.1) is 6.61 Å². The van der Waals surface area contributed by atoms with Gasteiger partial charge >= 0.3 is 0 Å². The second-order valence-corrected chi connectivity index (χ2v) is 5.17. The molecule has 0 radical (unpaired) electrons. The van der Waals surface area contributed by atoms with E-state index in [1.54, 1.807) is 0 Å². The molecule has 2 nitrogen and oxygen atoms in total. The van der Waals surface area contributed by atoms with Crippen molar-refractivity contribution in [3.05, 3.63) is 64.7 Å². The van der Waals surface area contributed by atoms with Crippen LogP contribution < -0.4 is 5.32 Å². The molecule has 98 valence electrons. The van der Waals surface area contributed by atoms with Crippen molar-refractivity contribution in [2.45, 2.75) is 32.4 Å². The molecule has 0 saturated carbocycles. The third-order valence-electron chi connectivity index (χ3n) is 3.80. The minimum absolute atomic E-state index is 0.110. The molecule has 0 aliphatic heterocycles. The average Bonchev–Trinajstić information content (AvgIpc) is 2.93. The van der Waals surface area contributed by atoms with E-state index in [2.05, 4.69) is 35.6 Å². The van der Waals surface area contributed by atoms with E-state index in [-0.39, 0.29) is 6.61 Å². The van der Waals surface area contributed by atoms with Crippen molar-refractivity contribution in [3.63, 3.8) is 0 Å². The van der Waals surface area contributed by atoms with Gasteiger partial charge in [0.15, 0.2) is 0 Å². The summed E-state index contributed by atoms with van der Waals surface area (Å²) in [6.07, 6.45) is 3.75. The van der Waals surface area contributed by atoms with E-state index in [9.17, 15) is 0 Å². The summed E-state index contributed by atoms with van der Waals surface area (Å²) in [5.74, 6) is 0. The molecule has 2 aromatic rings. The zero-order valence-electron chi connectivity index (χ0n) is 11.0. The molecule has 1 aliphatic rings. The zero-order valence-corrected chi connectivity index (χ0v) is 11.0. The van der Waals surface area contributed by atoms with Crippen molar-refractivity contribution in [3.8, 4) is 0 Å². The number of aryl methyl sites for hydroxylation is 2. The van der Waals surface area contributed by atoms with E-state index in [0.717, 1.165) is 12.1 Å². The highest BCUT2D eigenvalue weighted by atomic mass is 16.3. The predicted molar refractivity (Wildman–Crippen MR) is 78.2 cm³/mol. The number of hydrogen-bond donors (Lipinski definition) is 2. The van der Waals surface area contributed by atoms with Gasteiger partial charge in [-0.25, -0.2) is 0 Å². The summed E-state index contributed by atoms with van der Waals surface area (Å²) in [5, 5.41) is 12.5. The number of hydrogen-bond acceptors (Lipinski definition) is 2. The largest absolute Gasteiger partial charge is 0.392 e. The fraction of sp³-hybridized carbons (Fsp3) is 0.294. The number of aliphatic hydroxyl groups is 1. The Hall–Kier alpha value is -1.80. The van der Waals surface area contributed by atoms with Gasteiger partial charge < -0.3 is 10.4 Å². The molecule has 0 spiro atoms. The highest BCUT2D eigenvalue weighted by Crippen LogP contribution is 2.25. The molecular weight excluding hydrogens is 234 g/mol. The molecule has 2 N–H and O–H groups in total. The van der Waals surface area contributed by atoms with Crippen molar-refractivity contribution >= 4 is 5.69 Å². The Morgan fingerprint density at radius 1 is 0.895 bits per heavy atom. The van der Waals surface area contributed by atoms with Crippen molar-refractivity contribution in [2.75, 3.05) is 5.32 Å². The van der Waals surface area contributed by atoms with Crippen LogP contribution in [0.3, 0.4) is 0 Å². The summed E-state index contributed by atoms with van der Waals surface area (Å²) in [4.78, 5) is 0. The lowest BCUT2D eigenvalue weighted by Gasteiger charge is -2.09. The van der Waals surface area contributed by atoms with Crippen LogP contribution in [-0.2, 0) is 26.0 Å². The van der Waals surface area contributed by atoms with Crippen molar-refractivity contribution in [1.82, 2.24) is 0 Å². The van der Waals surface area contributed by atoms with Crippen LogP contribution >= 0.6 is 0 Å². The maximum atomic E-state index is 9.01. The molecule has 0 atom stereocenters. The molecule has 19 heavy (non-hydrogen) atoms. The van der Waals surface area contributed by atoms with E-state index in [0.29, 0.717) is 0 Å². The number of fused-ring (bicyclic) bond motifs is 1. The van der Waals surface area contributed by atoms with E-state index < -0.39 is 0 Å². The fourth-order valence-electron chi connectivity index (χ4n) is 2.65. The van der Waals surface area contributed by atoms with Gasteiger partial charge in [-0.15, -0.1) is 0 Å². The van der Waals surface area contributed by atoms with Gasteiger partial charge in [0.1, 0.15) is 0 Å². The van der Waals surface area contributed by atoms with Crippen LogP contribution in [0.25, 0.3) is 0 Å². The Balaban J connectivity index is 1.65. The van der Waals surface area contributed by atoms with E-state index >= 15 is 0 Å². The topological polar surface area (TPSA) is 32.3 Å². The van der Waals surface area contributed by atoms with Crippen LogP contribution in [-0.4, -0.2) is 5.11 Å². The highest BCUT2D eigenvalue weighted by molar-refractivity contribution is 5.50. The van der Waals surface area contributed by atoms with Crippen LogP contribution in [0.1, 0.15) is 28.7 Å². The van der Waals surface area contributed by atoms with Crippen molar-refractivity contribution < 1.29 is 5.11 Å². The molecule has 0 amide bonds. The molecule has 1 aliphatic carbocycles. The molecule has 0 bridgehead atoms. The first-order valence-electron chi connectivity index (χ1n) is 6.89. The Labute approximate surface area is 114 Å². The zero-order chi connectivity index (χ0) is 13.1. The quantitative estimate of drug-likeness (QED) is 0.876. The van der Waals surface area contributed by atoms with Crippen LogP contribution in [0.5, 0.6) is 0 Å². The van der Waals surface area contributed by atoms with Crippen LogP contribution in [0, 0.1) is 0 Å². The lowest BCUT2D eigenvalue weighted by molar-refractivity contribution is 0.282. The standard InChI is InChI=1S/C17H19NO/c19-12-14-6-4-13(5-7-14)11-18-17-9-8-15-2-1-3-16(15)10-17/h4-10,18-19H,1-3,11-12H2. The van der Waals surface area contributed by atoms with Gasteiger partial charge in [-0.3, -0.25) is 0 Å². The van der Waals surface area contributed by atoms with Crippen LogP contribution in [0.4, 0.5) is 5.69 Å². The Morgan fingerprint density at radius 3 is 2.42 bits per heavy atom. The number of benzene rings is 2. The molecule has 0 saturated heterocycles. The maximum absolute atomic E-state index is 9.01. The first-order chi connectivity index (χ1) is 9.35. The van der Waals surface area contributed by atoms with Crippen molar-refractivity contribution in [1.29, 1.82) is 0 Å². The summed E-state index contributed by atoms with van der Waals surface area (Å²) in [5.41, 5.74) is 6.41. The van der Waals surface area contributed by atoms with Crippen LogP contribution in [0.15, 0.2) is 42.5 Å². The second kappa shape index (κ2) is 5.45. The third-order valence-corrected chi connectivity index (χ3v) is 3.80. The van der Waals surface area contributed by atoms with Gasteiger partial charge in [-0.1, -0.05) is 30.3 Å². The van der Waals surface area contributed by atoms with Crippen LogP contribution in [0.2, 0.25) is 0 Å². The molecule has 2 aromatic carbocycles. The molecule has 0 heterocycles. The summed E-state index contributed by atoms with van der Waals surface area (Å²) in [6.45, 7) is 0.934. The SMILES string of the molecule is OCc1ccc(CNc2ccc3c(c2)CCC3)cc1. The third kappa shape index (κ3) is 2.79. The van der Waals surface area contributed by atoms with Gasteiger partial charge in [-0.05, 0) is 53.6 Å². The lowest BCUT2D eigenvalue weighted by Crippen LogP contribution is -2.00. The molecule has 2 heteroatoms. The summed E-state index contributed by atoms with van der Waals surface area (Å²) in [7, 11) is 0. The number of rotatable bonds is 4. The van der Waals surface area contributed by atoms with E-state index in [1.165, 1.54) is 41.6 Å². The number of aliphatic hydroxyl groups excluding tert-OH is 1. The molecule has 3 rings (SSSR count). The predicted octanol–water partition coefficient (Wildman–Crippen LogP) is 3.28. The maximum Gasteiger partial charge on any atom is 0.0681 e. The molecular formula is C17H19NO. The Kier molecular flexibility index (Phi) is 3.51. The smallest absolute Gasteiger partial charge is 0.0681 e. The van der Waals surface area contributed by atoms with Gasteiger partial charge in [0.25, 0.3) is 0 Å². The lowest BCUT2D eigenvalue weighted by atomic mass is 10.1. The molecule has 0 unspecified atom stereocenters. The molecule has 0 fully saturated rings. The first-order valence-corrected chi connectivity index (χ1v) is 6.89. The van der Waals surface area contributed by atoms with Crippen molar-refractivity contribution in [2.24, 2.45) is 0 Å². The van der Waals surface area contributed by atoms with Gasteiger partial charge in [0, 0.05) is 12.2 Å². The summed E-state index contributed by atoms with van der Waals surface area (Å²) >= 11 is 0. The minimum atomic E-state index is 0.110. The van der Waals surface area contributed by atoms with Gasteiger partial charge in [-0.2, -0.15) is 0 Å². The van der Waals surface area contributed by atoms with E-state index in [1.807, 2.05) is 12.1 Å². The minimum Gasteiger partial charge on any atom is -0.392 e. The number of anilines is 1.